The average Bonchev–Trinajstić information content (AvgIpc) is 2.89. The molecule has 104 valence electrons. The van der Waals surface area contributed by atoms with Crippen molar-refractivity contribution in [3.63, 3.8) is 0 Å². The predicted octanol–water partition coefficient (Wildman–Crippen LogP) is 3.03. The molecule has 0 radical (unpaired) electrons. The van der Waals surface area contributed by atoms with E-state index < -0.39 is 0 Å². The van der Waals surface area contributed by atoms with Crippen molar-refractivity contribution in [2.75, 3.05) is 24.6 Å². The maximum atomic E-state index is 14.1. The third-order valence-electron chi connectivity index (χ3n) is 3.51. The molecule has 2 rings (SSSR count). The molecule has 1 saturated heterocycles. The Morgan fingerprint density at radius 1 is 1.53 bits per heavy atom. The first-order chi connectivity index (χ1) is 9.13. The van der Waals surface area contributed by atoms with Gasteiger partial charge in [0.25, 0.3) is 0 Å². The number of nitrogens with zero attached hydrogens (tertiary/aromatic N) is 1. The van der Waals surface area contributed by atoms with Gasteiger partial charge in [0.15, 0.2) is 5.78 Å². The third-order valence-corrected chi connectivity index (χ3v) is 3.51. The van der Waals surface area contributed by atoms with Crippen LogP contribution < -0.4 is 4.90 Å². The first kappa shape index (κ1) is 14.0. The van der Waals surface area contributed by atoms with Crippen molar-refractivity contribution >= 4 is 11.5 Å². The van der Waals surface area contributed by atoms with E-state index in [-0.39, 0.29) is 17.7 Å². The highest BCUT2D eigenvalue weighted by Crippen LogP contribution is 2.26. The van der Waals surface area contributed by atoms with Gasteiger partial charge in [-0.15, -0.1) is 0 Å². The number of hydrogen-bond acceptors (Lipinski definition) is 3. The summed E-state index contributed by atoms with van der Waals surface area (Å²) in [6, 6.07) is 4.66. The molecule has 4 heteroatoms. The van der Waals surface area contributed by atoms with Crippen LogP contribution in [-0.4, -0.2) is 31.6 Å². The Labute approximate surface area is 113 Å². The minimum atomic E-state index is -0.340. The minimum Gasteiger partial charge on any atom is -0.376 e. The van der Waals surface area contributed by atoms with Crippen LogP contribution in [0.4, 0.5) is 10.1 Å². The largest absolute Gasteiger partial charge is 0.376 e. The van der Waals surface area contributed by atoms with Crippen molar-refractivity contribution in [2.24, 2.45) is 0 Å². The number of rotatable bonds is 5. The van der Waals surface area contributed by atoms with E-state index in [4.69, 9.17) is 4.74 Å². The monoisotopic (exact) mass is 265 g/mol. The first-order valence-corrected chi connectivity index (χ1v) is 6.79. The number of halogens is 1. The zero-order valence-corrected chi connectivity index (χ0v) is 11.5. The summed E-state index contributed by atoms with van der Waals surface area (Å²) in [5, 5.41) is 0. The van der Waals surface area contributed by atoms with E-state index in [1.807, 2.05) is 11.8 Å². The maximum Gasteiger partial charge on any atom is 0.161 e. The number of benzene rings is 1. The van der Waals surface area contributed by atoms with Crippen LogP contribution in [0.1, 0.15) is 37.0 Å². The number of carbonyl (C=O) groups excluding carboxylic acids is 1. The summed E-state index contributed by atoms with van der Waals surface area (Å²) in [7, 11) is 0. The minimum absolute atomic E-state index is 0.111. The number of ether oxygens (including phenoxy) is 1. The Morgan fingerprint density at radius 2 is 2.32 bits per heavy atom. The Bertz CT molecular complexity index is 455. The van der Waals surface area contributed by atoms with Crippen molar-refractivity contribution in [3.05, 3.63) is 29.6 Å². The molecule has 1 fully saturated rings. The smallest absolute Gasteiger partial charge is 0.161 e. The molecular formula is C15H20FNO2. The SMILES string of the molecule is CCN(CC1CCCO1)c1c(F)cccc1C(C)=O. The number of likely N-dealkylation sites (N-methyl/N-ethyl adjacent to an activating group) is 1. The summed E-state index contributed by atoms with van der Waals surface area (Å²) in [6.45, 7) is 5.50. The standard InChI is InChI=1S/C15H20FNO2/c1-3-17(10-12-6-5-9-19-12)15-13(11(2)18)7-4-8-14(15)16/h4,7-8,12H,3,5-6,9-10H2,1-2H3. The molecule has 0 aromatic heterocycles. The van der Waals surface area contributed by atoms with Gasteiger partial charge in [0.05, 0.1) is 11.8 Å². The maximum absolute atomic E-state index is 14.1. The Kier molecular flexibility index (Phi) is 4.53. The number of para-hydroxylation sites is 1. The van der Waals surface area contributed by atoms with Gasteiger partial charge in [-0.3, -0.25) is 4.79 Å². The second-order valence-electron chi connectivity index (χ2n) is 4.87. The molecule has 0 aliphatic carbocycles. The van der Waals surface area contributed by atoms with Crippen LogP contribution in [0.15, 0.2) is 18.2 Å². The van der Waals surface area contributed by atoms with E-state index >= 15 is 0 Å². The van der Waals surface area contributed by atoms with Crippen LogP contribution in [0.3, 0.4) is 0 Å². The molecule has 0 bridgehead atoms. The van der Waals surface area contributed by atoms with Crippen LogP contribution in [0.25, 0.3) is 0 Å². The highest BCUT2D eigenvalue weighted by atomic mass is 19.1. The van der Waals surface area contributed by atoms with Crippen LogP contribution in [0, 0.1) is 5.82 Å². The zero-order valence-electron chi connectivity index (χ0n) is 11.5. The average molecular weight is 265 g/mol. The van der Waals surface area contributed by atoms with Gasteiger partial charge in [-0.25, -0.2) is 4.39 Å². The van der Waals surface area contributed by atoms with E-state index in [1.54, 1.807) is 12.1 Å². The fraction of sp³-hybridized carbons (Fsp3) is 0.533. The summed E-state index contributed by atoms with van der Waals surface area (Å²) in [5.41, 5.74) is 0.854. The van der Waals surface area contributed by atoms with Crippen LogP contribution >= 0.6 is 0 Å². The van der Waals surface area contributed by atoms with Crippen LogP contribution in [0.2, 0.25) is 0 Å². The molecule has 0 saturated carbocycles. The highest BCUT2D eigenvalue weighted by molar-refractivity contribution is 5.99. The number of anilines is 1. The van der Waals surface area contributed by atoms with Gasteiger partial charge >= 0.3 is 0 Å². The van der Waals surface area contributed by atoms with Crippen molar-refractivity contribution in [2.45, 2.75) is 32.8 Å². The van der Waals surface area contributed by atoms with Crippen molar-refractivity contribution in [1.29, 1.82) is 0 Å². The molecule has 1 heterocycles. The molecule has 1 aromatic rings. The second kappa shape index (κ2) is 6.15. The van der Waals surface area contributed by atoms with Crippen molar-refractivity contribution < 1.29 is 13.9 Å². The van der Waals surface area contributed by atoms with Crippen LogP contribution in [-0.2, 0) is 4.74 Å². The number of carbonyl (C=O) groups is 1. The summed E-state index contributed by atoms with van der Waals surface area (Å²) in [4.78, 5) is 13.6. The summed E-state index contributed by atoms with van der Waals surface area (Å²) in [5.74, 6) is -0.451. The number of ketones is 1. The summed E-state index contributed by atoms with van der Waals surface area (Å²) in [6.07, 6.45) is 2.19. The molecule has 0 N–H and O–H groups in total. The Morgan fingerprint density at radius 3 is 2.89 bits per heavy atom. The molecule has 1 aromatic carbocycles. The van der Waals surface area contributed by atoms with Crippen molar-refractivity contribution in [3.8, 4) is 0 Å². The van der Waals surface area contributed by atoms with Gasteiger partial charge in [-0.1, -0.05) is 6.07 Å². The molecule has 0 spiro atoms. The first-order valence-electron chi connectivity index (χ1n) is 6.79. The third kappa shape index (κ3) is 3.13. The molecule has 0 amide bonds. The number of Topliss-reactive ketones (excluding diaryl/α,β-unsaturated/α-hetero) is 1. The van der Waals surface area contributed by atoms with Crippen molar-refractivity contribution in [1.82, 2.24) is 0 Å². The summed E-state index contributed by atoms with van der Waals surface area (Å²) >= 11 is 0. The van der Waals surface area contributed by atoms with E-state index in [9.17, 15) is 9.18 Å². The molecular weight excluding hydrogens is 245 g/mol. The fourth-order valence-electron chi connectivity index (χ4n) is 2.53. The topological polar surface area (TPSA) is 29.5 Å². The highest BCUT2D eigenvalue weighted by Gasteiger charge is 2.23. The van der Waals surface area contributed by atoms with Crippen LogP contribution in [0.5, 0.6) is 0 Å². The van der Waals surface area contributed by atoms with E-state index in [2.05, 4.69) is 0 Å². The van der Waals surface area contributed by atoms with Gasteiger partial charge in [0.2, 0.25) is 0 Å². The van der Waals surface area contributed by atoms with E-state index in [0.717, 1.165) is 19.4 Å². The van der Waals surface area contributed by atoms with Gasteiger partial charge < -0.3 is 9.64 Å². The molecule has 1 aliphatic rings. The Balaban J connectivity index is 2.28. The van der Waals surface area contributed by atoms with Gasteiger partial charge in [0, 0.05) is 25.3 Å². The van der Waals surface area contributed by atoms with E-state index in [0.29, 0.717) is 24.3 Å². The lowest BCUT2D eigenvalue weighted by Crippen LogP contribution is -2.33. The Hall–Kier alpha value is -1.42. The van der Waals surface area contributed by atoms with Gasteiger partial charge in [0.1, 0.15) is 5.82 Å². The lowest BCUT2D eigenvalue weighted by Gasteiger charge is -2.28. The fourth-order valence-corrected chi connectivity index (χ4v) is 2.53. The molecule has 3 nitrogen and oxygen atoms in total. The quantitative estimate of drug-likeness (QED) is 0.766. The lowest BCUT2D eigenvalue weighted by molar-refractivity contribution is 0.101. The summed E-state index contributed by atoms with van der Waals surface area (Å²) < 4.78 is 19.7. The lowest BCUT2D eigenvalue weighted by atomic mass is 10.1. The zero-order chi connectivity index (χ0) is 13.8. The molecule has 19 heavy (non-hydrogen) atoms. The van der Waals surface area contributed by atoms with Gasteiger partial charge in [-0.05, 0) is 38.8 Å². The normalized spacial score (nSPS) is 18.6. The predicted molar refractivity (Wildman–Crippen MR) is 73.3 cm³/mol. The molecule has 1 unspecified atom stereocenters. The van der Waals surface area contributed by atoms with Gasteiger partial charge in [-0.2, -0.15) is 0 Å². The molecule has 1 atom stereocenters. The number of hydrogen-bond donors (Lipinski definition) is 0. The van der Waals surface area contributed by atoms with E-state index in [1.165, 1.54) is 13.0 Å². The second-order valence-corrected chi connectivity index (χ2v) is 4.87. The molecule has 1 aliphatic heterocycles.